The molecule has 0 fully saturated rings. The first-order valence-corrected chi connectivity index (χ1v) is 11.7. The molecule has 0 aliphatic carbocycles. The number of para-hydroxylation sites is 1. The van der Waals surface area contributed by atoms with Crippen LogP contribution in [0.4, 0.5) is 5.69 Å². The van der Waals surface area contributed by atoms with Gasteiger partial charge in [-0.05, 0) is 30.2 Å². The number of fused-ring (bicyclic) bond motifs is 3. The van der Waals surface area contributed by atoms with Crippen LogP contribution in [0.5, 0.6) is 0 Å². The van der Waals surface area contributed by atoms with Gasteiger partial charge in [-0.25, -0.2) is 4.99 Å². The molecule has 2 aromatic carbocycles. The van der Waals surface area contributed by atoms with Gasteiger partial charge < -0.3 is 5.32 Å². The maximum absolute atomic E-state index is 12.8. The number of nitrogens with zero attached hydrogens (tertiary/aromatic N) is 3. The Bertz CT molecular complexity index is 1070. The quantitative estimate of drug-likeness (QED) is 0.623. The number of unbranched alkanes of at least 4 members (excludes halogenated alkanes) is 1. The number of benzene rings is 2. The summed E-state index contributed by atoms with van der Waals surface area (Å²) in [5, 5.41) is 4.23. The lowest BCUT2D eigenvalue weighted by molar-refractivity contribution is -0.126. The minimum Gasteiger partial charge on any atom is -0.356 e. The van der Waals surface area contributed by atoms with E-state index in [4.69, 9.17) is 16.6 Å². The molecular weight excluding hydrogens is 432 g/mol. The fourth-order valence-electron chi connectivity index (χ4n) is 3.51. The lowest BCUT2D eigenvalue weighted by atomic mass is 10.1. The maximum Gasteiger partial charge on any atom is 0.271 e. The SMILES string of the molecule is CCCCNC(=O)CC1C(=O)N=C2c3ccccc3N=C(SCc3ccccc3Cl)N21. The van der Waals surface area contributed by atoms with Gasteiger partial charge in [-0.3, -0.25) is 14.5 Å². The molecule has 1 unspecified atom stereocenters. The highest BCUT2D eigenvalue weighted by Gasteiger charge is 2.42. The second-order valence-electron chi connectivity index (χ2n) is 7.36. The van der Waals surface area contributed by atoms with Crippen molar-refractivity contribution in [2.75, 3.05) is 6.54 Å². The molecule has 4 rings (SSSR count). The summed E-state index contributed by atoms with van der Waals surface area (Å²) in [6.45, 7) is 2.67. The maximum atomic E-state index is 12.8. The van der Waals surface area contributed by atoms with Gasteiger partial charge in [-0.1, -0.05) is 67.0 Å². The molecular formula is C23H23ClN4O2S. The Morgan fingerprint density at radius 2 is 1.94 bits per heavy atom. The van der Waals surface area contributed by atoms with E-state index >= 15 is 0 Å². The zero-order chi connectivity index (χ0) is 21.8. The van der Waals surface area contributed by atoms with E-state index in [1.807, 2.05) is 53.4 Å². The molecule has 2 aliphatic rings. The van der Waals surface area contributed by atoms with Gasteiger partial charge in [0.25, 0.3) is 5.91 Å². The number of amidine groups is 2. The number of carbonyl (C=O) groups is 2. The Labute approximate surface area is 190 Å². The van der Waals surface area contributed by atoms with Gasteiger partial charge >= 0.3 is 0 Å². The molecule has 0 bridgehead atoms. The van der Waals surface area contributed by atoms with E-state index in [1.54, 1.807) is 0 Å². The van der Waals surface area contributed by atoms with E-state index in [-0.39, 0.29) is 18.2 Å². The van der Waals surface area contributed by atoms with E-state index in [0.29, 0.717) is 28.3 Å². The van der Waals surface area contributed by atoms with Gasteiger partial charge in [0.05, 0.1) is 12.1 Å². The summed E-state index contributed by atoms with van der Waals surface area (Å²) in [4.78, 5) is 36.2. The first-order valence-electron chi connectivity index (χ1n) is 10.3. The van der Waals surface area contributed by atoms with Gasteiger partial charge in [0.1, 0.15) is 11.9 Å². The van der Waals surface area contributed by atoms with Gasteiger partial charge in [0.2, 0.25) is 5.91 Å². The first kappa shape index (κ1) is 21.6. The van der Waals surface area contributed by atoms with Crippen LogP contribution in [0.15, 0.2) is 58.5 Å². The highest BCUT2D eigenvalue weighted by Crippen LogP contribution is 2.36. The van der Waals surface area contributed by atoms with Gasteiger partial charge in [-0.15, -0.1) is 0 Å². The minimum atomic E-state index is -0.692. The Balaban J connectivity index is 1.60. The molecule has 31 heavy (non-hydrogen) atoms. The van der Waals surface area contributed by atoms with Crippen molar-refractivity contribution >= 4 is 51.9 Å². The summed E-state index contributed by atoms with van der Waals surface area (Å²) in [6.07, 6.45) is 1.95. The third-order valence-electron chi connectivity index (χ3n) is 5.15. The van der Waals surface area contributed by atoms with Crippen molar-refractivity contribution in [1.29, 1.82) is 0 Å². The fraction of sp³-hybridized carbons (Fsp3) is 0.304. The lowest BCUT2D eigenvalue weighted by Gasteiger charge is -2.31. The Hall–Kier alpha value is -2.64. The average Bonchev–Trinajstić information content (AvgIpc) is 3.09. The number of hydrogen-bond donors (Lipinski definition) is 1. The number of thioether (sulfide) groups is 1. The molecule has 1 N–H and O–H groups in total. The van der Waals surface area contributed by atoms with Crippen LogP contribution in [0.25, 0.3) is 0 Å². The van der Waals surface area contributed by atoms with Crippen molar-refractivity contribution < 1.29 is 9.59 Å². The second-order valence-corrected chi connectivity index (χ2v) is 8.71. The van der Waals surface area contributed by atoms with E-state index in [9.17, 15) is 9.59 Å². The first-order chi connectivity index (χ1) is 15.1. The monoisotopic (exact) mass is 454 g/mol. The number of halogens is 1. The van der Waals surface area contributed by atoms with Crippen LogP contribution < -0.4 is 5.32 Å². The molecule has 2 aromatic rings. The highest BCUT2D eigenvalue weighted by atomic mass is 35.5. The van der Waals surface area contributed by atoms with Crippen molar-refractivity contribution in [3.8, 4) is 0 Å². The largest absolute Gasteiger partial charge is 0.356 e. The normalized spacial score (nSPS) is 17.0. The summed E-state index contributed by atoms with van der Waals surface area (Å²) in [5.41, 5.74) is 2.54. The summed E-state index contributed by atoms with van der Waals surface area (Å²) >= 11 is 7.80. The third-order valence-corrected chi connectivity index (χ3v) is 6.52. The number of amides is 2. The predicted molar refractivity (Wildman–Crippen MR) is 126 cm³/mol. The Morgan fingerprint density at radius 3 is 2.74 bits per heavy atom. The van der Waals surface area contributed by atoms with Crippen molar-refractivity contribution in [3.63, 3.8) is 0 Å². The molecule has 6 nitrogen and oxygen atoms in total. The fourth-order valence-corrected chi connectivity index (χ4v) is 4.85. The van der Waals surface area contributed by atoms with Crippen LogP contribution in [0, 0.1) is 0 Å². The van der Waals surface area contributed by atoms with Crippen LogP contribution in [-0.4, -0.2) is 40.3 Å². The van der Waals surface area contributed by atoms with Crippen molar-refractivity contribution in [1.82, 2.24) is 10.2 Å². The van der Waals surface area contributed by atoms with Crippen LogP contribution in [-0.2, 0) is 15.3 Å². The summed E-state index contributed by atoms with van der Waals surface area (Å²) < 4.78 is 0. The molecule has 2 amide bonds. The highest BCUT2D eigenvalue weighted by molar-refractivity contribution is 8.13. The van der Waals surface area contributed by atoms with Gasteiger partial charge in [-0.2, -0.15) is 4.99 Å². The third kappa shape index (κ3) is 4.67. The summed E-state index contributed by atoms with van der Waals surface area (Å²) in [6, 6.07) is 14.6. The standard InChI is InChI=1S/C23H23ClN4O2S/c1-2-3-12-25-20(29)13-19-22(30)27-21-16-9-5-7-11-18(16)26-23(28(19)21)31-14-15-8-4-6-10-17(15)24/h4-11,19H,2-3,12-14H2,1H3,(H,25,29). The van der Waals surface area contributed by atoms with Crippen LogP contribution in [0.3, 0.4) is 0 Å². The molecule has 0 saturated carbocycles. The molecule has 2 aliphatic heterocycles. The van der Waals surface area contributed by atoms with E-state index in [0.717, 1.165) is 29.7 Å². The molecule has 1 atom stereocenters. The van der Waals surface area contributed by atoms with Crippen LogP contribution in [0.1, 0.15) is 37.3 Å². The topological polar surface area (TPSA) is 74.1 Å². The molecule has 0 aromatic heterocycles. The summed E-state index contributed by atoms with van der Waals surface area (Å²) in [5.74, 6) is 0.679. The zero-order valence-corrected chi connectivity index (χ0v) is 18.7. The number of carbonyl (C=O) groups excluding carboxylic acids is 2. The minimum absolute atomic E-state index is 0.0450. The van der Waals surface area contributed by atoms with E-state index in [2.05, 4.69) is 17.2 Å². The number of nitrogens with one attached hydrogen (secondary N) is 1. The number of hydrogen-bond acceptors (Lipinski definition) is 5. The molecule has 2 heterocycles. The number of aliphatic imine (C=N–C) groups is 2. The van der Waals surface area contributed by atoms with Crippen molar-refractivity contribution in [3.05, 3.63) is 64.7 Å². The van der Waals surface area contributed by atoms with E-state index in [1.165, 1.54) is 11.8 Å². The predicted octanol–water partition coefficient (Wildman–Crippen LogP) is 4.54. The molecule has 0 spiro atoms. The molecule has 0 radical (unpaired) electrons. The Morgan fingerprint density at radius 1 is 1.16 bits per heavy atom. The molecule has 8 heteroatoms. The Kier molecular flexibility index (Phi) is 6.73. The van der Waals surface area contributed by atoms with Crippen LogP contribution >= 0.6 is 23.4 Å². The second kappa shape index (κ2) is 9.66. The van der Waals surface area contributed by atoms with E-state index < -0.39 is 6.04 Å². The smallest absolute Gasteiger partial charge is 0.271 e. The van der Waals surface area contributed by atoms with Gasteiger partial charge in [0.15, 0.2) is 5.17 Å². The van der Waals surface area contributed by atoms with Crippen molar-refractivity contribution in [2.45, 2.75) is 38.0 Å². The average molecular weight is 455 g/mol. The van der Waals surface area contributed by atoms with Crippen molar-refractivity contribution in [2.24, 2.45) is 9.98 Å². The molecule has 160 valence electrons. The van der Waals surface area contributed by atoms with Gasteiger partial charge in [0, 0.05) is 22.9 Å². The number of rotatable bonds is 7. The van der Waals surface area contributed by atoms with Crippen LogP contribution in [0.2, 0.25) is 5.02 Å². The summed E-state index contributed by atoms with van der Waals surface area (Å²) in [7, 11) is 0. The molecule has 0 saturated heterocycles. The lowest BCUT2D eigenvalue weighted by Crippen LogP contribution is -2.46. The zero-order valence-electron chi connectivity index (χ0n) is 17.2.